The number of aromatic nitrogens is 2. The number of ether oxygens (including phenoxy) is 1. The molecule has 0 radical (unpaired) electrons. The van der Waals surface area contributed by atoms with Crippen molar-refractivity contribution in [3.05, 3.63) is 41.4 Å². The molecule has 1 atom stereocenters. The molecule has 0 amide bonds. The second-order valence-electron chi connectivity index (χ2n) is 5.71. The highest BCUT2D eigenvalue weighted by molar-refractivity contribution is 6.02. The van der Waals surface area contributed by atoms with Crippen LogP contribution in [0.25, 0.3) is 4.85 Å². The highest BCUT2D eigenvalue weighted by Gasteiger charge is 2.49. The van der Waals surface area contributed by atoms with E-state index in [4.69, 9.17) is 11.3 Å². The van der Waals surface area contributed by atoms with E-state index in [2.05, 4.69) is 9.83 Å². The maximum absolute atomic E-state index is 12.2. The molecule has 19 heavy (non-hydrogen) atoms. The van der Waals surface area contributed by atoms with Crippen LogP contribution in [-0.4, -0.2) is 21.9 Å². The Labute approximate surface area is 111 Å². The number of nitrogens with zero attached hydrogens (tertiary/aromatic N) is 3. The first kappa shape index (κ1) is 12.1. The summed E-state index contributed by atoms with van der Waals surface area (Å²) < 4.78 is 7.99. The van der Waals surface area contributed by atoms with Gasteiger partial charge in [0.15, 0.2) is 5.78 Å². The van der Waals surface area contributed by atoms with E-state index in [1.165, 1.54) is 0 Å². The third kappa shape index (κ3) is 1.64. The average Bonchev–Trinajstić information content (AvgIpc) is 2.83. The van der Waals surface area contributed by atoms with Crippen LogP contribution < -0.4 is 0 Å². The van der Waals surface area contributed by atoms with E-state index in [1.54, 1.807) is 12.3 Å². The second-order valence-corrected chi connectivity index (χ2v) is 5.71. The molecule has 0 saturated heterocycles. The fourth-order valence-electron chi connectivity index (χ4n) is 2.99. The van der Waals surface area contributed by atoms with Crippen molar-refractivity contribution >= 4 is 5.78 Å². The molecule has 0 aromatic carbocycles. The van der Waals surface area contributed by atoms with Gasteiger partial charge in [0.2, 0.25) is 5.70 Å². The number of imidazole rings is 1. The first-order valence-corrected chi connectivity index (χ1v) is 6.29. The van der Waals surface area contributed by atoms with E-state index >= 15 is 0 Å². The Hall–Kier alpha value is -1.93. The number of Topliss-reactive ketones (excluding diaryl/α,β-unsaturated/α-hetero) is 1. The highest BCUT2D eigenvalue weighted by atomic mass is 16.5. The van der Waals surface area contributed by atoms with E-state index in [1.807, 2.05) is 24.6 Å². The molecule has 1 aliphatic heterocycles. The normalized spacial score (nSPS) is 28.7. The Kier molecular flexibility index (Phi) is 2.41. The van der Waals surface area contributed by atoms with Crippen LogP contribution in [0, 0.1) is 12.0 Å². The standard InChI is InChI=1S/C14H15N3O2/c1-13(2)9-14(8-10(15-3)11(13)18)12-16-4-5-17(12)6-7-19-14/h4-5,8H,6-7,9H2,1-2H3. The van der Waals surface area contributed by atoms with Crippen molar-refractivity contribution in [3.63, 3.8) is 0 Å². The van der Waals surface area contributed by atoms with E-state index < -0.39 is 11.0 Å². The van der Waals surface area contributed by atoms with Gasteiger partial charge in [-0.25, -0.2) is 9.83 Å². The van der Waals surface area contributed by atoms with Crippen molar-refractivity contribution in [1.29, 1.82) is 0 Å². The maximum atomic E-state index is 12.2. The molecule has 0 bridgehead atoms. The second kappa shape index (κ2) is 3.78. The van der Waals surface area contributed by atoms with E-state index in [-0.39, 0.29) is 11.5 Å². The summed E-state index contributed by atoms with van der Waals surface area (Å²) >= 11 is 0. The van der Waals surface area contributed by atoms with Crippen molar-refractivity contribution in [1.82, 2.24) is 9.55 Å². The zero-order valence-electron chi connectivity index (χ0n) is 11.0. The van der Waals surface area contributed by atoms with Crippen LogP contribution in [0.2, 0.25) is 0 Å². The van der Waals surface area contributed by atoms with Gasteiger partial charge in [-0.15, -0.1) is 0 Å². The molecule has 1 aromatic rings. The minimum atomic E-state index is -0.737. The number of fused-ring (bicyclic) bond motifs is 2. The van der Waals surface area contributed by atoms with Gasteiger partial charge in [-0.1, -0.05) is 13.8 Å². The van der Waals surface area contributed by atoms with Crippen LogP contribution in [0.4, 0.5) is 0 Å². The van der Waals surface area contributed by atoms with Crippen molar-refractivity contribution in [2.24, 2.45) is 5.41 Å². The molecule has 2 aliphatic rings. The lowest BCUT2D eigenvalue weighted by Crippen LogP contribution is -2.46. The third-order valence-electron chi connectivity index (χ3n) is 3.83. The minimum absolute atomic E-state index is 0.111. The zero-order valence-corrected chi connectivity index (χ0v) is 11.0. The highest BCUT2D eigenvalue weighted by Crippen LogP contribution is 2.46. The quantitative estimate of drug-likeness (QED) is 0.667. The summed E-state index contributed by atoms with van der Waals surface area (Å²) in [6.45, 7) is 12.3. The Morgan fingerprint density at radius 1 is 1.53 bits per heavy atom. The van der Waals surface area contributed by atoms with E-state index in [9.17, 15) is 4.79 Å². The molecule has 0 saturated carbocycles. The fourth-order valence-corrected chi connectivity index (χ4v) is 2.99. The fraction of sp³-hybridized carbons (Fsp3) is 0.500. The number of ketones is 1. The van der Waals surface area contributed by atoms with Crippen LogP contribution in [-0.2, 0) is 21.7 Å². The number of rotatable bonds is 0. The van der Waals surface area contributed by atoms with Crippen molar-refractivity contribution < 1.29 is 9.53 Å². The van der Waals surface area contributed by atoms with Gasteiger partial charge in [0, 0.05) is 24.4 Å². The molecule has 5 heteroatoms. The Morgan fingerprint density at radius 3 is 3.05 bits per heavy atom. The largest absolute Gasteiger partial charge is 0.362 e. The van der Waals surface area contributed by atoms with Gasteiger partial charge < -0.3 is 14.1 Å². The molecule has 1 unspecified atom stereocenters. The number of hydrogen-bond acceptors (Lipinski definition) is 3. The summed E-state index contributed by atoms with van der Waals surface area (Å²) in [5, 5.41) is 0. The minimum Gasteiger partial charge on any atom is -0.362 e. The first-order chi connectivity index (χ1) is 8.98. The van der Waals surface area contributed by atoms with Gasteiger partial charge >= 0.3 is 0 Å². The Morgan fingerprint density at radius 2 is 2.32 bits per heavy atom. The average molecular weight is 257 g/mol. The van der Waals surface area contributed by atoms with Gasteiger partial charge in [-0.2, -0.15) is 0 Å². The first-order valence-electron chi connectivity index (χ1n) is 6.29. The van der Waals surface area contributed by atoms with E-state index in [0.29, 0.717) is 13.0 Å². The van der Waals surface area contributed by atoms with Crippen LogP contribution in [0.3, 0.4) is 0 Å². The van der Waals surface area contributed by atoms with Crippen LogP contribution >= 0.6 is 0 Å². The number of allylic oxidation sites excluding steroid dienone is 1. The molecule has 0 N–H and O–H groups in total. The molecule has 1 aromatic heterocycles. The predicted octanol–water partition coefficient (Wildman–Crippen LogP) is 1.91. The molecule has 5 nitrogen and oxygen atoms in total. The van der Waals surface area contributed by atoms with Gasteiger partial charge in [-0.3, -0.25) is 0 Å². The van der Waals surface area contributed by atoms with Gasteiger partial charge in [0.1, 0.15) is 11.4 Å². The van der Waals surface area contributed by atoms with Crippen LogP contribution in [0.5, 0.6) is 0 Å². The van der Waals surface area contributed by atoms with Gasteiger partial charge in [-0.05, 0) is 12.5 Å². The number of carbonyl (C=O) groups is 1. The smallest absolute Gasteiger partial charge is 0.229 e. The Balaban J connectivity index is 2.20. The SMILES string of the molecule is [C-]#[N+]C1=CC2(CC(C)(C)C1=O)OCCn1ccnc12. The van der Waals surface area contributed by atoms with E-state index in [0.717, 1.165) is 12.4 Å². The lowest BCUT2D eigenvalue weighted by atomic mass is 9.70. The number of hydrogen-bond donors (Lipinski definition) is 0. The monoisotopic (exact) mass is 257 g/mol. The molecular weight excluding hydrogens is 242 g/mol. The lowest BCUT2D eigenvalue weighted by molar-refractivity contribution is -0.133. The summed E-state index contributed by atoms with van der Waals surface area (Å²) in [5.74, 6) is 0.681. The molecule has 2 heterocycles. The summed E-state index contributed by atoms with van der Waals surface area (Å²) in [6.07, 6.45) is 5.83. The topological polar surface area (TPSA) is 48.5 Å². The zero-order chi connectivity index (χ0) is 13.7. The van der Waals surface area contributed by atoms with Crippen molar-refractivity contribution in [2.75, 3.05) is 6.61 Å². The molecule has 1 aliphatic carbocycles. The maximum Gasteiger partial charge on any atom is 0.229 e. The number of carbonyl (C=O) groups excluding carboxylic acids is 1. The molecule has 1 spiro atoms. The lowest BCUT2D eigenvalue weighted by Gasteiger charge is -2.43. The van der Waals surface area contributed by atoms with Crippen molar-refractivity contribution in [3.8, 4) is 0 Å². The van der Waals surface area contributed by atoms with Crippen LogP contribution in [0.15, 0.2) is 24.2 Å². The van der Waals surface area contributed by atoms with Crippen molar-refractivity contribution in [2.45, 2.75) is 32.4 Å². The summed E-state index contributed by atoms with van der Waals surface area (Å²) in [7, 11) is 0. The Bertz CT molecular complexity index is 621. The van der Waals surface area contributed by atoms with Crippen LogP contribution in [0.1, 0.15) is 26.1 Å². The third-order valence-corrected chi connectivity index (χ3v) is 3.83. The summed E-state index contributed by atoms with van der Waals surface area (Å²) in [5.41, 5.74) is -1.19. The molecular formula is C14H15N3O2. The molecule has 3 rings (SSSR count). The summed E-state index contributed by atoms with van der Waals surface area (Å²) in [4.78, 5) is 19.9. The van der Waals surface area contributed by atoms with Gasteiger partial charge in [0.25, 0.3) is 0 Å². The molecule has 0 fully saturated rings. The predicted molar refractivity (Wildman–Crippen MR) is 67.9 cm³/mol. The summed E-state index contributed by atoms with van der Waals surface area (Å²) in [6, 6.07) is 0. The molecule has 98 valence electrons. The van der Waals surface area contributed by atoms with Gasteiger partial charge in [0.05, 0.1) is 13.2 Å².